The molecule has 0 radical (unpaired) electrons. The first kappa shape index (κ1) is 15.9. The van der Waals surface area contributed by atoms with Gasteiger partial charge in [0.05, 0.1) is 15.0 Å². The molecule has 0 fully saturated rings. The van der Waals surface area contributed by atoms with Crippen molar-refractivity contribution in [1.82, 2.24) is 0 Å². The fraction of sp³-hybridized carbons (Fsp3) is 0. The van der Waals surface area contributed by atoms with Crippen molar-refractivity contribution in [3.05, 3.63) is 45.3 Å². The molecular weight excluding hydrogens is 357 g/mol. The molecule has 112 valence electrons. The van der Waals surface area contributed by atoms with Crippen LogP contribution in [0.2, 0.25) is 9.36 Å². The quantitative estimate of drug-likeness (QED) is 0.335. The summed E-state index contributed by atoms with van der Waals surface area (Å²) in [6.45, 7) is 0. The van der Waals surface area contributed by atoms with Crippen LogP contribution in [-0.4, -0.2) is 19.5 Å². The van der Waals surface area contributed by atoms with Crippen LogP contribution in [0, 0.1) is 0 Å². The fourth-order valence-electron chi connectivity index (χ4n) is 1.45. The first-order valence-electron chi connectivity index (χ1n) is 5.39. The van der Waals surface area contributed by atoms with Gasteiger partial charge in [-0.15, -0.1) is 11.3 Å². The van der Waals surface area contributed by atoms with Crippen LogP contribution in [0.3, 0.4) is 0 Å². The van der Waals surface area contributed by atoms with Gasteiger partial charge in [-0.05, 0) is 30.3 Å². The van der Waals surface area contributed by atoms with Crippen molar-refractivity contribution in [2.24, 2.45) is 10.9 Å². The summed E-state index contributed by atoms with van der Waals surface area (Å²) in [5.74, 6) is -0.128. The molecule has 0 bridgehead atoms. The topological polar surface area (TPSA) is 105 Å². The highest BCUT2D eigenvalue weighted by Crippen LogP contribution is 2.30. The van der Waals surface area contributed by atoms with Crippen molar-refractivity contribution >= 4 is 56.1 Å². The van der Waals surface area contributed by atoms with Crippen LogP contribution in [0.5, 0.6) is 0 Å². The van der Waals surface area contributed by atoms with Gasteiger partial charge in [-0.1, -0.05) is 28.4 Å². The zero-order chi connectivity index (χ0) is 15.6. The number of benzene rings is 1. The molecule has 0 aliphatic rings. The van der Waals surface area contributed by atoms with Gasteiger partial charge in [0.25, 0.3) is 10.0 Å². The van der Waals surface area contributed by atoms with E-state index in [0.717, 1.165) is 11.3 Å². The molecule has 2 aromatic rings. The summed E-state index contributed by atoms with van der Waals surface area (Å²) in [4.78, 5) is 0. The van der Waals surface area contributed by atoms with E-state index < -0.39 is 10.0 Å². The summed E-state index contributed by atoms with van der Waals surface area (Å²) in [5, 5.41) is 11.5. The normalized spacial score (nSPS) is 12.4. The number of thiophene rings is 1. The third-order valence-corrected chi connectivity index (χ3v) is 5.83. The van der Waals surface area contributed by atoms with Gasteiger partial charge < -0.3 is 10.9 Å². The molecule has 0 unspecified atom stereocenters. The van der Waals surface area contributed by atoms with E-state index in [1.165, 1.54) is 30.3 Å². The molecular formula is C11H9Cl2N3O3S2. The van der Waals surface area contributed by atoms with E-state index in [9.17, 15) is 8.42 Å². The number of sulfonamides is 1. The van der Waals surface area contributed by atoms with E-state index in [4.69, 9.17) is 34.1 Å². The van der Waals surface area contributed by atoms with Crippen LogP contribution in [0.15, 0.2) is 39.7 Å². The Morgan fingerprint density at radius 3 is 2.52 bits per heavy atom. The van der Waals surface area contributed by atoms with E-state index in [0.29, 0.717) is 9.90 Å². The largest absolute Gasteiger partial charge is 0.409 e. The third kappa shape index (κ3) is 3.59. The van der Waals surface area contributed by atoms with Gasteiger partial charge in [0.15, 0.2) is 5.84 Å². The van der Waals surface area contributed by atoms with Crippen LogP contribution in [0.4, 0.5) is 5.69 Å². The van der Waals surface area contributed by atoms with E-state index >= 15 is 0 Å². The van der Waals surface area contributed by atoms with Crippen molar-refractivity contribution in [3.63, 3.8) is 0 Å². The lowest BCUT2D eigenvalue weighted by Gasteiger charge is -2.09. The predicted molar refractivity (Wildman–Crippen MR) is 84.1 cm³/mol. The molecule has 6 nitrogen and oxygen atoms in total. The number of nitrogens with one attached hydrogen (secondary N) is 1. The second kappa shape index (κ2) is 6.10. The minimum atomic E-state index is -3.76. The van der Waals surface area contributed by atoms with Gasteiger partial charge in [0, 0.05) is 5.56 Å². The maximum absolute atomic E-state index is 12.1. The van der Waals surface area contributed by atoms with Gasteiger partial charge in [-0.25, -0.2) is 8.42 Å². The van der Waals surface area contributed by atoms with Gasteiger partial charge >= 0.3 is 0 Å². The molecule has 10 heteroatoms. The first-order chi connectivity index (χ1) is 9.83. The smallest absolute Gasteiger partial charge is 0.271 e. The number of halogens is 2. The van der Waals surface area contributed by atoms with Crippen LogP contribution in [-0.2, 0) is 10.0 Å². The Morgan fingerprint density at radius 1 is 1.29 bits per heavy atom. The average molecular weight is 366 g/mol. The van der Waals surface area contributed by atoms with Crippen molar-refractivity contribution in [2.75, 3.05) is 4.72 Å². The molecule has 0 spiro atoms. The standard InChI is InChI=1S/C11H9Cl2N3O3S2/c12-7-5-6(11(14)15-17)1-2-8(7)16-21(18,19)10-4-3-9(13)20-10/h1-5,16-17H,(H2,14,15). The SMILES string of the molecule is N/C(=N/O)c1ccc(NS(=O)(=O)c2ccc(Cl)s2)c(Cl)c1. The fourth-order valence-corrected chi connectivity index (χ4v) is 4.30. The predicted octanol–water partition coefficient (Wildman–Crippen LogP) is 2.95. The number of nitrogens with two attached hydrogens (primary N) is 1. The minimum Gasteiger partial charge on any atom is -0.409 e. The molecule has 0 saturated heterocycles. The Balaban J connectivity index is 2.32. The second-order valence-corrected chi connectivity index (χ2v) is 7.88. The van der Waals surface area contributed by atoms with Crippen LogP contribution < -0.4 is 10.5 Å². The van der Waals surface area contributed by atoms with Crippen molar-refractivity contribution in [3.8, 4) is 0 Å². The number of nitrogens with zero attached hydrogens (tertiary/aromatic N) is 1. The van der Waals surface area contributed by atoms with Crippen LogP contribution >= 0.6 is 34.5 Å². The molecule has 0 saturated carbocycles. The molecule has 1 heterocycles. The summed E-state index contributed by atoms with van der Waals surface area (Å²) in [6, 6.07) is 7.16. The number of rotatable bonds is 4. The molecule has 4 N–H and O–H groups in total. The zero-order valence-corrected chi connectivity index (χ0v) is 13.4. The second-order valence-electron chi connectivity index (χ2n) is 3.84. The zero-order valence-electron chi connectivity index (χ0n) is 10.2. The number of hydrogen-bond acceptors (Lipinski definition) is 5. The van der Waals surface area contributed by atoms with E-state index in [2.05, 4.69) is 9.88 Å². The summed E-state index contributed by atoms with van der Waals surface area (Å²) < 4.78 is 27.1. The lowest BCUT2D eigenvalue weighted by atomic mass is 10.2. The molecule has 1 aromatic heterocycles. The Hall–Kier alpha value is -1.48. The maximum Gasteiger partial charge on any atom is 0.271 e. The lowest BCUT2D eigenvalue weighted by molar-refractivity contribution is 0.318. The van der Waals surface area contributed by atoms with Crippen molar-refractivity contribution < 1.29 is 13.6 Å². The molecule has 21 heavy (non-hydrogen) atoms. The van der Waals surface area contributed by atoms with Gasteiger partial charge in [0.2, 0.25) is 0 Å². The minimum absolute atomic E-state index is 0.0732. The van der Waals surface area contributed by atoms with Crippen molar-refractivity contribution in [1.29, 1.82) is 0 Å². The highest BCUT2D eigenvalue weighted by atomic mass is 35.5. The van der Waals surface area contributed by atoms with Crippen molar-refractivity contribution in [2.45, 2.75) is 4.21 Å². The number of amidine groups is 1. The summed E-state index contributed by atoms with van der Waals surface area (Å²) in [7, 11) is -3.76. The highest BCUT2D eigenvalue weighted by Gasteiger charge is 2.18. The highest BCUT2D eigenvalue weighted by molar-refractivity contribution is 7.94. The molecule has 0 atom stereocenters. The number of oxime groups is 1. The molecule has 1 aromatic carbocycles. The van der Waals surface area contributed by atoms with E-state index in [-0.39, 0.29) is 20.8 Å². The van der Waals surface area contributed by atoms with Crippen LogP contribution in [0.1, 0.15) is 5.56 Å². The Bertz CT molecular complexity index is 803. The summed E-state index contributed by atoms with van der Waals surface area (Å²) >= 11 is 12.6. The summed E-state index contributed by atoms with van der Waals surface area (Å²) in [6.07, 6.45) is 0. The number of anilines is 1. The molecule has 0 aliphatic carbocycles. The van der Waals surface area contributed by atoms with Gasteiger partial charge in [0.1, 0.15) is 4.21 Å². The molecule has 0 aliphatic heterocycles. The van der Waals surface area contributed by atoms with Gasteiger partial charge in [-0.3, -0.25) is 4.72 Å². The maximum atomic E-state index is 12.1. The van der Waals surface area contributed by atoms with Gasteiger partial charge in [-0.2, -0.15) is 0 Å². The number of hydrogen-bond donors (Lipinski definition) is 3. The van der Waals surface area contributed by atoms with E-state index in [1.807, 2.05) is 0 Å². The van der Waals surface area contributed by atoms with Crippen LogP contribution in [0.25, 0.3) is 0 Å². The Kier molecular flexibility index (Phi) is 4.62. The molecule has 0 amide bonds. The Morgan fingerprint density at radius 2 is 2.00 bits per heavy atom. The average Bonchev–Trinajstić information content (AvgIpc) is 2.87. The monoisotopic (exact) mass is 365 g/mol. The first-order valence-corrected chi connectivity index (χ1v) is 8.44. The lowest BCUT2D eigenvalue weighted by Crippen LogP contribution is -2.14. The Labute approximate surface area is 134 Å². The third-order valence-electron chi connectivity index (χ3n) is 2.43. The van der Waals surface area contributed by atoms with E-state index in [1.54, 1.807) is 0 Å². The summed E-state index contributed by atoms with van der Waals surface area (Å²) in [5.41, 5.74) is 5.97. The molecule has 2 rings (SSSR count).